The van der Waals surface area contributed by atoms with Crippen molar-refractivity contribution in [1.82, 2.24) is 0 Å². The Balaban J connectivity index is 1.85. The maximum absolute atomic E-state index is 14.6. The van der Waals surface area contributed by atoms with Gasteiger partial charge in [0.25, 0.3) is 0 Å². The molecule has 0 heterocycles. The lowest BCUT2D eigenvalue weighted by Gasteiger charge is -2.44. The van der Waals surface area contributed by atoms with Gasteiger partial charge in [0, 0.05) is 11.4 Å². The Bertz CT molecular complexity index is 1280. The van der Waals surface area contributed by atoms with E-state index in [-0.39, 0.29) is 0 Å². The summed E-state index contributed by atoms with van der Waals surface area (Å²) in [7, 11) is 0. The van der Waals surface area contributed by atoms with Crippen molar-refractivity contribution >= 4 is 17.3 Å². The van der Waals surface area contributed by atoms with Crippen LogP contribution in [0.5, 0.6) is 5.75 Å². The predicted molar refractivity (Wildman–Crippen MR) is 141 cm³/mol. The summed E-state index contributed by atoms with van der Waals surface area (Å²) < 4.78 is 6.13. The molecule has 5 rings (SSSR count). The van der Waals surface area contributed by atoms with E-state index >= 15 is 0 Å². The van der Waals surface area contributed by atoms with E-state index in [1.54, 1.807) is 12.1 Å². The Labute approximate surface area is 205 Å². The van der Waals surface area contributed by atoms with Gasteiger partial charge in [-0.05, 0) is 47.5 Å². The van der Waals surface area contributed by atoms with E-state index in [1.165, 1.54) is 0 Å². The van der Waals surface area contributed by atoms with Crippen molar-refractivity contribution in [2.24, 2.45) is 0 Å². The fourth-order valence-corrected chi connectivity index (χ4v) is 4.47. The van der Waals surface area contributed by atoms with E-state index in [0.717, 1.165) is 22.5 Å². The Morgan fingerprint density at radius 1 is 0.486 bits per heavy atom. The Kier molecular flexibility index (Phi) is 6.40. The van der Waals surface area contributed by atoms with E-state index in [1.807, 2.05) is 140 Å². The molecule has 3 heteroatoms. The predicted octanol–water partition coefficient (Wildman–Crippen LogP) is 7.37. The molecule has 0 aliphatic carbocycles. The van der Waals surface area contributed by atoms with Gasteiger partial charge in [-0.2, -0.15) is 0 Å². The summed E-state index contributed by atoms with van der Waals surface area (Å²) in [5.41, 5.74) is 2.05. The van der Waals surface area contributed by atoms with Gasteiger partial charge in [-0.15, -0.1) is 0 Å². The zero-order chi connectivity index (χ0) is 23.9. The van der Waals surface area contributed by atoms with Crippen LogP contribution in [0.4, 0.5) is 11.4 Å². The first-order chi connectivity index (χ1) is 17.3. The zero-order valence-corrected chi connectivity index (χ0v) is 19.2. The molecule has 0 radical (unpaired) electrons. The molecule has 0 aliphatic rings. The van der Waals surface area contributed by atoms with Crippen LogP contribution in [0.3, 0.4) is 0 Å². The highest BCUT2D eigenvalue weighted by Gasteiger charge is 2.50. The summed E-state index contributed by atoms with van der Waals surface area (Å²) in [6.45, 7) is 0. The van der Waals surface area contributed by atoms with Crippen molar-refractivity contribution in [3.63, 3.8) is 0 Å². The third-order valence-corrected chi connectivity index (χ3v) is 6.00. The van der Waals surface area contributed by atoms with Crippen LogP contribution >= 0.6 is 0 Å². The summed E-state index contributed by atoms with van der Waals surface area (Å²) in [5, 5.41) is 0. The molecular formula is C32H25NO2. The van der Waals surface area contributed by atoms with Crippen LogP contribution in [-0.4, -0.2) is 5.97 Å². The van der Waals surface area contributed by atoms with Crippen LogP contribution in [-0.2, 0) is 10.3 Å². The first kappa shape index (κ1) is 22.2. The van der Waals surface area contributed by atoms with Gasteiger partial charge < -0.3 is 9.64 Å². The molecule has 5 aromatic carbocycles. The molecule has 0 saturated carbocycles. The number of hydrogen-bond donors (Lipinski definition) is 0. The molecule has 0 spiro atoms. The number of carbonyl (C=O) groups excluding carboxylic acids is 1. The number of carbonyl (C=O) groups is 1. The van der Waals surface area contributed by atoms with E-state index < -0.39 is 11.5 Å². The topological polar surface area (TPSA) is 29.5 Å². The van der Waals surface area contributed by atoms with Gasteiger partial charge >= 0.3 is 5.97 Å². The van der Waals surface area contributed by atoms with Gasteiger partial charge in [0.1, 0.15) is 5.75 Å². The number of ether oxygens (including phenoxy) is 1. The minimum atomic E-state index is -1.30. The molecule has 0 fully saturated rings. The molecule has 0 unspecified atom stereocenters. The smallest absolute Gasteiger partial charge is 0.347 e. The largest absolute Gasteiger partial charge is 0.424 e. The summed E-state index contributed by atoms with van der Waals surface area (Å²) in [6.07, 6.45) is 0. The molecule has 0 bridgehead atoms. The number of nitrogens with zero attached hydrogens (tertiary/aromatic N) is 1. The standard InChI is InChI=1S/C32H25NO2/c34-31(35-30-24-14-5-15-25-30)32(26-16-6-1-7-17-26,27-18-8-2-9-19-27)33(28-20-10-3-11-21-28)29-22-12-4-13-23-29/h1-25H. The molecule has 3 nitrogen and oxygen atoms in total. The number of anilines is 2. The fourth-order valence-electron chi connectivity index (χ4n) is 4.47. The first-order valence-corrected chi connectivity index (χ1v) is 11.6. The lowest BCUT2D eigenvalue weighted by molar-refractivity contribution is -0.139. The van der Waals surface area contributed by atoms with Gasteiger partial charge in [0.15, 0.2) is 5.54 Å². The summed E-state index contributed by atoms with van der Waals surface area (Å²) in [5.74, 6) is 0.101. The third-order valence-electron chi connectivity index (χ3n) is 6.00. The molecule has 0 aromatic heterocycles. The monoisotopic (exact) mass is 455 g/mol. The van der Waals surface area contributed by atoms with E-state index in [2.05, 4.69) is 4.90 Å². The molecule has 0 N–H and O–H groups in total. The number of esters is 1. The molecule has 5 aromatic rings. The van der Waals surface area contributed by atoms with Crippen molar-refractivity contribution in [1.29, 1.82) is 0 Å². The second-order valence-electron chi connectivity index (χ2n) is 8.15. The van der Waals surface area contributed by atoms with Crippen molar-refractivity contribution < 1.29 is 9.53 Å². The van der Waals surface area contributed by atoms with Crippen LogP contribution in [0.1, 0.15) is 11.1 Å². The van der Waals surface area contributed by atoms with Gasteiger partial charge in [0.05, 0.1) is 0 Å². The molecular weight excluding hydrogens is 430 g/mol. The number of rotatable bonds is 7. The maximum Gasteiger partial charge on any atom is 0.347 e. The quantitative estimate of drug-likeness (QED) is 0.189. The number of benzene rings is 5. The highest BCUT2D eigenvalue weighted by Crippen LogP contribution is 2.45. The van der Waals surface area contributed by atoms with Gasteiger partial charge in [0.2, 0.25) is 0 Å². The summed E-state index contributed by atoms with van der Waals surface area (Å²) in [6, 6.07) is 48.8. The SMILES string of the molecule is O=C(Oc1ccccc1)C(c1ccccc1)(c1ccccc1)N(c1ccccc1)c1ccccc1. The average molecular weight is 456 g/mol. The van der Waals surface area contributed by atoms with Crippen LogP contribution in [0.15, 0.2) is 152 Å². The van der Waals surface area contributed by atoms with Gasteiger partial charge in [-0.1, -0.05) is 115 Å². The molecule has 0 atom stereocenters. The van der Waals surface area contributed by atoms with Crippen LogP contribution < -0.4 is 9.64 Å². The summed E-state index contributed by atoms with van der Waals surface area (Å²) in [4.78, 5) is 16.6. The van der Waals surface area contributed by atoms with Crippen LogP contribution in [0.25, 0.3) is 0 Å². The molecule has 0 amide bonds. The highest BCUT2D eigenvalue weighted by molar-refractivity contribution is 5.95. The van der Waals surface area contributed by atoms with Crippen molar-refractivity contribution in [2.45, 2.75) is 5.54 Å². The Morgan fingerprint density at radius 2 is 0.829 bits per heavy atom. The van der Waals surface area contributed by atoms with Gasteiger partial charge in [-0.3, -0.25) is 0 Å². The Morgan fingerprint density at radius 3 is 1.23 bits per heavy atom. The molecule has 170 valence electrons. The Hall–Kier alpha value is -4.63. The van der Waals surface area contributed by atoms with E-state index in [0.29, 0.717) is 5.75 Å². The van der Waals surface area contributed by atoms with Crippen molar-refractivity contribution in [3.8, 4) is 5.75 Å². The molecule has 35 heavy (non-hydrogen) atoms. The first-order valence-electron chi connectivity index (χ1n) is 11.6. The summed E-state index contributed by atoms with van der Waals surface area (Å²) >= 11 is 0. The second-order valence-corrected chi connectivity index (χ2v) is 8.15. The number of para-hydroxylation sites is 3. The normalized spacial score (nSPS) is 11.0. The second kappa shape index (κ2) is 10.1. The minimum absolute atomic E-state index is 0.395. The lowest BCUT2D eigenvalue weighted by atomic mass is 9.80. The van der Waals surface area contributed by atoms with E-state index in [9.17, 15) is 4.79 Å². The maximum atomic E-state index is 14.6. The average Bonchev–Trinajstić information content (AvgIpc) is 2.94. The number of hydrogen-bond acceptors (Lipinski definition) is 3. The van der Waals surface area contributed by atoms with Crippen molar-refractivity contribution in [3.05, 3.63) is 163 Å². The molecule has 0 saturated heterocycles. The van der Waals surface area contributed by atoms with Gasteiger partial charge in [-0.25, -0.2) is 4.79 Å². The minimum Gasteiger partial charge on any atom is -0.424 e. The molecule has 0 aliphatic heterocycles. The van der Waals surface area contributed by atoms with Crippen molar-refractivity contribution in [2.75, 3.05) is 4.90 Å². The van der Waals surface area contributed by atoms with E-state index in [4.69, 9.17) is 4.74 Å². The van der Waals surface area contributed by atoms with Crippen LogP contribution in [0, 0.1) is 0 Å². The zero-order valence-electron chi connectivity index (χ0n) is 19.2. The third kappa shape index (κ3) is 4.32. The lowest BCUT2D eigenvalue weighted by Crippen LogP contribution is -2.53. The fraction of sp³-hybridized carbons (Fsp3) is 0.0312. The highest BCUT2D eigenvalue weighted by atomic mass is 16.5. The van der Waals surface area contributed by atoms with Crippen LogP contribution in [0.2, 0.25) is 0 Å².